The average Bonchev–Trinajstić information content (AvgIpc) is 2.19. The fourth-order valence-corrected chi connectivity index (χ4v) is 0.753. The predicted octanol–water partition coefficient (Wildman–Crippen LogP) is 0.820. The van der Waals surface area contributed by atoms with Crippen LogP contribution in [0.25, 0.3) is 0 Å². The van der Waals surface area contributed by atoms with Gasteiger partial charge in [0.05, 0.1) is 4.92 Å². The molecule has 72 valence electrons. The van der Waals surface area contributed by atoms with Crippen LogP contribution < -0.4 is 5.32 Å². The number of hydrogen-bond donors (Lipinski definition) is 1. The molecular weight excluding hydrogens is 184 g/mol. The smallest absolute Gasteiger partial charge is 0.305 e. The van der Waals surface area contributed by atoms with Gasteiger partial charge in [-0.05, 0) is 0 Å². The Morgan fingerprint density at radius 1 is 1.57 bits per heavy atom. The number of rotatable bonds is 4. The molecule has 0 atom stereocenters. The van der Waals surface area contributed by atoms with Crippen molar-refractivity contribution < 1.29 is 4.92 Å². The van der Waals surface area contributed by atoms with Crippen molar-refractivity contribution in [3.8, 4) is 12.3 Å². The van der Waals surface area contributed by atoms with Crippen molar-refractivity contribution in [2.24, 2.45) is 0 Å². The highest BCUT2D eigenvalue weighted by Gasteiger charge is 2.05. The zero-order valence-corrected chi connectivity index (χ0v) is 7.30. The monoisotopic (exact) mass is 192 g/mol. The van der Waals surface area contributed by atoms with E-state index in [0.29, 0.717) is 18.9 Å². The zero-order chi connectivity index (χ0) is 10.4. The van der Waals surface area contributed by atoms with Crippen LogP contribution in [0.15, 0.2) is 12.4 Å². The summed E-state index contributed by atoms with van der Waals surface area (Å²) >= 11 is 0. The maximum absolute atomic E-state index is 10.3. The summed E-state index contributed by atoms with van der Waals surface area (Å²) in [5, 5.41) is 13.1. The minimum absolute atomic E-state index is 0.132. The highest BCUT2D eigenvalue weighted by Crippen LogP contribution is 2.07. The van der Waals surface area contributed by atoms with E-state index >= 15 is 0 Å². The molecule has 1 aromatic rings. The lowest BCUT2D eigenvalue weighted by atomic mass is 10.4. The van der Waals surface area contributed by atoms with E-state index in [9.17, 15) is 10.1 Å². The Balaban J connectivity index is 2.56. The van der Waals surface area contributed by atoms with Crippen molar-refractivity contribution >= 4 is 11.6 Å². The van der Waals surface area contributed by atoms with Crippen molar-refractivity contribution in [1.82, 2.24) is 9.97 Å². The first-order chi connectivity index (χ1) is 6.74. The third-order valence-electron chi connectivity index (χ3n) is 1.40. The van der Waals surface area contributed by atoms with E-state index in [2.05, 4.69) is 21.2 Å². The van der Waals surface area contributed by atoms with Crippen LogP contribution in [0.3, 0.4) is 0 Å². The lowest BCUT2D eigenvalue weighted by Gasteiger charge is -1.99. The minimum atomic E-state index is -0.550. The van der Waals surface area contributed by atoms with Crippen molar-refractivity contribution in [3.63, 3.8) is 0 Å². The van der Waals surface area contributed by atoms with Crippen LogP contribution in [0.5, 0.6) is 0 Å². The molecule has 1 aromatic heterocycles. The lowest BCUT2D eigenvalue weighted by Crippen LogP contribution is -2.04. The SMILES string of the molecule is C#CCCNc1ncc([N+](=O)[O-])cn1. The topological polar surface area (TPSA) is 81.0 Å². The molecule has 0 spiro atoms. The summed E-state index contributed by atoms with van der Waals surface area (Å²) in [4.78, 5) is 17.2. The number of anilines is 1. The maximum Gasteiger partial charge on any atom is 0.305 e. The van der Waals surface area contributed by atoms with Crippen molar-refractivity contribution in [2.75, 3.05) is 11.9 Å². The van der Waals surface area contributed by atoms with Gasteiger partial charge in [-0.15, -0.1) is 12.3 Å². The molecule has 0 aliphatic rings. The summed E-state index contributed by atoms with van der Waals surface area (Å²) in [5.41, 5.74) is -0.132. The molecule has 0 aromatic carbocycles. The fourth-order valence-electron chi connectivity index (χ4n) is 0.753. The molecule has 0 bridgehead atoms. The van der Waals surface area contributed by atoms with Gasteiger partial charge in [0.2, 0.25) is 5.95 Å². The quantitative estimate of drug-likeness (QED) is 0.330. The number of hydrogen-bond acceptors (Lipinski definition) is 5. The van der Waals surface area contributed by atoms with E-state index in [1.54, 1.807) is 0 Å². The highest BCUT2D eigenvalue weighted by molar-refractivity contribution is 5.30. The molecule has 0 fully saturated rings. The van der Waals surface area contributed by atoms with E-state index in [4.69, 9.17) is 6.42 Å². The molecule has 0 saturated heterocycles. The molecule has 1 N–H and O–H groups in total. The molecule has 0 aliphatic carbocycles. The molecule has 0 unspecified atom stereocenters. The molecule has 6 nitrogen and oxygen atoms in total. The molecule has 14 heavy (non-hydrogen) atoms. The number of terminal acetylenes is 1. The Bertz CT molecular complexity index is 355. The number of nitrogens with one attached hydrogen (secondary N) is 1. The number of nitrogens with zero attached hydrogens (tertiary/aromatic N) is 3. The van der Waals surface area contributed by atoms with Gasteiger partial charge in [0, 0.05) is 13.0 Å². The standard InChI is InChI=1S/C8H8N4O2/c1-2-3-4-9-8-10-5-7(6-11-8)12(13)14/h1,5-6H,3-4H2,(H,9,10,11). The van der Waals surface area contributed by atoms with Gasteiger partial charge in [0.25, 0.3) is 0 Å². The van der Waals surface area contributed by atoms with E-state index in [1.165, 1.54) is 0 Å². The first-order valence-electron chi connectivity index (χ1n) is 3.88. The Hall–Kier alpha value is -2.16. The van der Waals surface area contributed by atoms with E-state index < -0.39 is 4.92 Å². The van der Waals surface area contributed by atoms with Crippen LogP contribution in [-0.2, 0) is 0 Å². The third-order valence-corrected chi connectivity index (χ3v) is 1.40. The first kappa shape index (κ1) is 9.92. The van der Waals surface area contributed by atoms with E-state index in [1.807, 2.05) is 0 Å². The van der Waals surface area contributed by atoms with Crippen LogP contribution in [0.2, 0.25) is 0 Å². The Kier molecular flexibility index (Phi) is 3.38. The van der Waals surface area contributed by atoms with Crippen LogP contribution >= 0.6 is 0 Å². The van der Waals surface area contributed by atoms with Crippen molar-refractivity contribution in [2.45, 2.75) is 6.42 Å². The van der Waals surface area contributed by atoms with Gasteiger partial charge in [0.15, 0.2) is 0 Å². The summed E-state index contributed by atoms with van der Waals surface area (Å²) in [6, 6.07) is 0. The molecule has 0 amide bonds. The largest absolute Gasteiger partial charge is 0.353 e. The minimum Gasteiger partial charge on any atom is -0.353 e. The van der Waals surface area contributed by atoms with Gasteiger partial charge >= 0.3 is 5.69 Å². The summed E-state index contributed by atoms with van der Waals surface area (Å²) in [6.45, 7) is 0.550. The Morgan fingerprint density at radius 2 is 2.21 bits per heavy atom. The van der Waals surface area contributed by atoms with E-state index in [-0.39, 0.29) is 5.69 Å². The van der Waals surface area contributed by atoms with Gasteiger partial charge in [0.1, 0.15) is 12.4 Å². The first-order valence-corrected chi connectivity index (χ1v) is 3.88. The van der Waals surface area contributed by atoms with E-state index in [0.717, 1.165) is 12.4 Å². The van der Waals surface area contributed by atoms with Crippen LogP contribution in [-0.4, -0.2) is 21.4 Å². The molecule has 0 radical (unpaired) electrons. The Morgan fingerprint density at radius 3 is 2.71 bits per heavy atom. The molecule has 0 aliphatic heterocycles. The molecule has 0 saturated carbocycles. The third kappa shape index (κ3) is 2.71. The molecular formula is C8H8N4O2. The number of aromatic nitrogens is 2. The predicted molar refractivity (Wildman–Crippen MR) is 50.6 cm³/mol. The second-order valence-electron chi connectivity index (χ2n) is 2.40. The molecule has 6 heteroatoms. The van der Waals surface area contributed by atoms with Gasteiger partial charge < -0.3 is 5.32 Å². The van der Waals surface area contributed by atoms with Crippen molar-refractivity contribution in [3.05, 3.63) is 22.5 Å². The second-order valence-corrected chi connectivity index (χ2v) is 2.40. The highest BCUT2D eigenvalue weighted by atomic mass is 16.6. The molecule has 1 heterocycles. The van der Waals surface area contributed by atoms with Gasteiger partial charge in [-0.25, -0.2) is 9.97 Å². The second kappa shape index (κ2) is 4.77. The van der Waals surface area contributed by atoms with Crippen molar-refractivity contribution in [1.29, 1.82) is 0 Å². The summed E-state index contributed by atoms with van der Waals surface area (Å²) in [7, 11) is 0. The van der Waals surface area contributed by atoms with Gasteiger partial charge in [-0.1, -0.05) is 0 Å². The number of nitro groups is 1. The van der Waals surface area contributed by atoms with Gasteiger partial charge in [-0.2, -0.15) is 0 Å². The van der Waals surface area contributed by atoms with Crippen LogP contribution in [0.4, 0.5) is 11.6 Å². The lowest BCUT2D eigenvalue weighted by molar-refractivity contribution is -0.385. The van der Waals surface area contributed by atoms with Crippen LogP contribution in [0, 0.1) is 22.5 Å². The normalized spacial score (nSPS) is 9.07. The fraction of sp³-hybridized carbons (Fsp3) is 0.250. The average molecular weight is 192 g/mol. The van der Waals surface area contributed by atoms with Gasteiger partial charge in [-0.3, -0.25) is 10.1 Å². The van der Waals surface area contributed by atoms with Crippen LogP contribution in [0.1, 0.15) is 6.42 Å². The molecule has 1 rings (SSSR count). The summed E-state index contributed by atoms with van der Waals surface area (Å²) in [5.74, 6) is 2.78. The maximum atomic E-state index is 10.3. The summed E-state index contributed by atoms with van der Waals surface area (Å²) in [6.07, 6.45) is 7.88. The zero-order valence-electron chi connectivity index (χ0n) is 7.30. The Labute approximate surface area is 80.5 Å². The summed E-state index contributed by atoms with van der Waals surface area (Å²) < 4.78 is 0.